The van der Waals surface area contributed by atoms with Gasteiger partial charge in [0.1, 0.15) is 0 Å². The minimum absolute atomic E-state index is 0.00385. The Balaban J connectivity index is 2.28. The number of thioether (sulfide) groups is 1. The van der Waals surface area contributed by atoms with Gasteiger partial charge in [-0.1, -0.05) is 29.8 Å². The molecule has 0 fully saturated rings. The predicted octanol–water partition coefficient (Wildman–Crippen LogP) is 1.89. The van der Waals surface area contributed by atoms with E-state index >= 15 is 0 Å². The van der Waals surface area contributed by atoms with Crippen LogP contribution in [0.4, 0.5) is 0 Å². The van der Waals surface area contributed by atoms with Gasteiger partial charge in [-0.3, -0.25) is 9.59 Å². The molecule has 0 atom stereocenters. The minimum Gasteiger partial charge on any atom is -0.352 e. The number of carbonyl (C=O) groups excluding carboxylic acids is 2. The standard InChI is InChI=1S/C11H12ClNO2S/c12-11-4-2-1-3-9(11)6-16-7-10(15)5-13-8-14/h1-4,8H,5-7H2,(H,13,14). The van der Waals surface area contributed by atoms with Crippen molar-refractivity contribution in [2.24, 2.45) is 0 Å². The summed E-state index contributed by atoms with van der Waals surface area (Å²) in [6, 6.07) is 7.55. The number of amides is 1. The highest BCUT2D eigenvalue weighted by molar-refractivity contribution is 7.99. The smallest absolute Gasteiger partial charge is 0.207 e. The fourth-order valence-corrected chi connectivity index (χ4v) is 2.28. The lowest BCUT2D eigenvalue weighted by Gasteiger charge is -2.03. The van der Waals surface area contributed by atoms with Crippen molar-refractivity contribution in [3.05, 3.63) is 34.9 Å². The summed E-state index contributed by atoms with van der Waals surface area (Å²) in [6.45, 7) is 0.0963. The topological polar surface area (TPSA) is 46.2 Å². The van der Waals surface area contributed by atoms with Crippen molar-refractivity contribution in [1.29, 1.82) is 0 Å². The number of hydrogen-bond acceptors (Lipinski definition) is 3. The van der Waals surface area contributed by atoms with Gasteiger partial charge in [-0.25, -0.2) is 0 Å². The molecule has 0 saturated carbocycles. The molecule has 0 aromatic heterocycles. The molecule has 1 aromatic carbocycles. The molecule has 0 spiro atoms. The molecule has 0 radical (unpaired) electrons. The molecule has 0 aliphatic rings. The van der Waals surface area contributed by atoms with Crippen LogP contribution in [0.3, 0.4) is 0 Å². The maximum Gasteiger partial charge on any atom is 0.207 e. The van der Waals surface area contributed by atoms with E-state index in [1.807, 2.05) is 24.3 Å². The van der Waals surface area contributed by atoms with E-state index in [9.17, 15) is 9.59 Å². The van der Waals surface area contributed by atoms with E-state index in [1.54, 1.807) is 0 Å². The molecule has 1 N–H and O–H groups in total. The second-order valence-corrected chi connectivity index (χ2v) is 4.51. The number of halogens is 1. The molecule has 1 amide bonds. The van der Waals surface area contributed by atoms with Crippen LogP contribution in [0.1, 0.15) is 5.56 Å². The molecule has 86 valence electrons. The van der Waals surface area contributed by atoms with Crippen LogP contribution < -0.4 is 5.32 Å². The lowest BCUT2D eigenvalue weighted by atomic mass is 10.2. The van der Waals surface area contributed by atoms with Crippen molar-refractivity contribution in [3.63, 3.8) is 0 Å². The van der Waals surface area contributed by atoms with E-state index in [0.717, 1.165) is 5.56 Å². The van der Waals surface area contributed by atoms with Gasteiger partial charge in [-0.05, 0) is 11.6 Å². The third-order valence-corrected chi connectivity index (χ3v) is 3.27. The Morgan fingerprint density at radius 1 is 1.44 bits per heavy atom. The van der Waals surface area contributed by atoms with E-state index in [-0.39, 0.29) is 12.3 Å². The highest BCUT2D eigenvalue weighted by Gasteiger charge is 2.03. The lowest BCUT2D eigenvalue weighted by Crippen LogP contribution is -2.22. The third-order valence-electron chi connectivity index (χ3n) is 1.86. The first-order valence-corrected chi connectivity index (χ1v) is 6.27. The summed E-state index contributed by atoms with van der Waals surface area (Å²) in [5.41, 5.74) is 1.02. The average Bonchev–Trinajstić information content (AvgIpc) is 2.29. The first-order valence-electron chi connectivity index (χ1n) is 4.74. The van der Waals surface area contributed by atoms with Crippen LogP contribution in [0.15, 0.2) is 24.3 Å². The van der Waals surface area contributed by atoms with Gasteiger partial charge in [0.15, 0.2) is 5.78 Å². The highest BCUT2D eigenvalue weighted by atomic mass is 35.5. The van der Waals surface area contributed by atoms with Gasteiger partial charge in [0.2, 0.25) is 6.41 Å². The van der Waals surface area contributed by atoms with Crippen LogP contribution in [0, 0.1) is 0 Å². The molecular formula is C11H12ClNO2S. The average molecular weight is 258 g/mol. The van der Waals surface area contributed by atoms with Gasteiger partial charge < -0.3 is 5.32 Å². The summed E-state index contributed by atoms with van der Waals surface area (Å²) in [7, 11) is 0. The van der Waals surface area contributed by atoms with Gasteiger partial charge in [0, 0.05) is 10.8 Å². The summed E-state index contributed by atoms with van der Waals surface area (Å²) in [5.74, 6) is 1.09. The molecule has 3 nitrogen and oxygen atoms in total. The van der Waals surface area contributed by atoms with Crippen LogP contribution in [0.25, 0.3) is 0 Å². The van der Waals surface area contributed by atoms with Crippen molar-refractivity contribution in [1.82, 2.24) is 5.32 Å². The Kier molecular flexibility index (Phi) is 5.96. The summed E-state index contributed by atoms with van der Waals surface area (Å²) >= 11 is 7.46. The summed E-state index contributed by atoms with van der Waals surface area (Å²) in [6.07, 6.45) is 0.524. The Morgan fingerprint density at radius 2 is 2.19 bits per heavy atom. The van der Waals surface area contributed by atoms with E-state index in [2.05, 4.69) is 5.32 Å². The normalized spacial score (nSPS) is 9.81. The summed E-state index contributed by atoms with van der Waals surface area (Å²) < 4.78 is 0. The second-order valence-electron chi connectivity index (χ2n) is 3.12. The van der Waals surface area contributed by atoms with Crippen molar-refractivity contribution in [3.8, 4) is 0 Å². The van der Waals surface area contributed by atoms with E-state index < -0.39 is 0 Å². The summed E-state index contributed by atoms with van der Waals surface area (Å²) in [4.78, 5) is 21.2. The number of carbonyl (C=O) groups is 2. The van der Waals surface area contributed by atoms with E-state index in [1.165, 1.54) is 11.8 Å². The number of hydrogen-bond donors (Lipinski definition) is 1. The molecule has 0 heterocycles. The molecule has 0 aliphatic heterocycles. The van der Waals surface area contributed by atoms with Gasteiger partial charge in [0.25, 0.3) is 0 Å². The zero-order valence-corrected chi connectivity index (χ0v) is 10.2. The Bertz CT molecular complexity index is 371. The van der Waals surface area contributed by atoms with Crippen LogP contribution >= 0.6 is 23.4 Å². The Hall–Kier alpha value is -1.00. The monoisotopic (exact) mass is 257 g/mol. The van der Waals surface area contributed by atoms with Gasteiger partial charge in [-0.2, -0.15) is 0 Å². The molecule has 0 saturated heterocycles. The molecule has 16 heavy (non-hydrogen) atoms. The number of ketones is 1. The number of nitrogens with one attached hydrogen (secondary N) is 1. The largest absolute Gasteiger partial charge is 0.352 e. The molecule has 1 aromatic rings. The zero-order valence-electron chi connectivity index (χ0n) is 8.61. The predicted molar refractivity (Wildman–Crippen MR) is 66.7 cm³/mol. The fraction of sp³-hybridized carbons (Fsp3) is 0.273. The van der Waals surface area contributed by atoms with Crippen LogP contribution in [0.5, 0.6) is 0 Å². The minimum atomic E-state index is 0.00385. The molecule has 0 aliphatic carbocycles. The van der Waals surface area contributed by atoms with Gasteiger partial charge in [0.05, 0.1) is 12.3 Å². The molecule has 5 heteroatoms. The molecule has 1 rings (SSSR count). The van der Waals surface area contributed by atoms with E-state index in [4.69, 9.17) is 11.6 Å². The molecular weight excluding hydrogens is 246 g/mol. The Labute approximate surface area is 104 Å². The number of rotatable bonds is 7. The number of Topliss-reactive ketones (excluding diaryl/α,β-unsaturated/α-hetero) is 1. The molecule has 0 unspecified atom stereocenters. The first kappa shape index (κ1) is 13.1. The highest BCUT2D eigenvalue weighted by Crippen LogP contribution is 2.20. The summed E-state index contributed by atoms with van der Waals surface area (Å²) in [5, 5.41) is 3.05. The van der Waals surface area contributed by atoms with Gasteiger partial charge in [-0.15, -0.1) is 11.8 Å². The lowest BCUT2D eigenvalue weighted by molar-refractivity contribution is -0.118. The van der Waals surface area contributed by atoms with Crippen LogP contribution in [-0.4, -0.2) is 24.5 Å². The SMILES string of the molecule is O=CNCC(=O)CSCc1ccccc1Cl. The maximum atomic E-state index is 11.2. The van der Waals surface area contributed by atoms with E-state index in [0.29, 0.717) is 22.9 Å². The van der Waals surface area contributed by atoms with Gasteiger partial charge >= 0.3 is 0 Å². The zero-order chi connectivity index (χ0) is 11.8. The van der Waals surface area contributed by atoms with Crippen molar-refractivity contribution >= 4 is 35.6 Å². The Morgan fingerprint density at radius 3 is 2.88 bits per heavy atom. The number of benzene rings is 1. The first-order chi connectivity index (χ1) is 7.74. The second kappa shape index (κ2) is 7.30. The van der Waals surface area contributed by atoms with Crippen molar-refractivity contribution < 1.29 is 9.59 Å². The van der Waals surface area contributed by atoms with Crippen LogP contribution in [-0.2, 0) is 15.3 Å². The van der Waals surface area contributed by atoms with Crippen molar-refractivity contribution in [2.45, 2.75) is 5.75 Å². The third kappa shape index (κ3) is 4.68. The maximum absolute atomic E-state index is 11.2. The van der Waals surface area contributed by atoms with Crippen molar-refractivity contribution in [2.75, 3.05) is 12.3 Å². The quantitative estimate of drug-likeness (QED) is 0.759. The molecule has 0 bridgehead atoms. The fourth-order valence-electron chi connectivity index (χ4n) is 1.10. The van der Waals surface area contributed by atoms with Crippen LogP contribution in [0.2, 0.25) is 5.02 Å².